The number of ether oxygens (including phenoxy) is 1. The summed E-state index contributed by atoms with van der Waals surface area (Å²) in [6.45, 7) is 0. The van der Waals surface area contributed by atoms with Gasteiger partial charge in [0, 0.05) is 4.47 Å². The number of benzene rings is 1. The van der Waals surface area contributed by atoms with E-state index in [9.17, 15) is 13.2 Å². The molecule has 0 aliphatic heterocycles. The van der Waals surface area contributed by atoms with Crippen molar-refractivity contribution < 1.29 is 22.3 Å². The molecule has 0 bridgehead atoms. The second-order valence-corrected chi connectivity index (χ2v) is 4.61. The monoisotopic (exact) mass is 340 g/mol. The minimum Gasteiger partial charge on any atom is -0.464 e. The van der Waals surface area contributed by atoms with Crippen LogP contribution in [0.1, 0.15) is 0 Å². The summed E-state index contributed by atoms with van der Waals surface area (Å²) in [6, 6.07) is 5.68. The fourth-order valence-corrected chi connectivity index (χ4v) is 2.29. The first kappa shape index (κ1) is 13.3. The third-order valence-corrected chi connectivity index (χ3v) is 2.77. The first-order valence-electron chi connectivity index (χ1n) is 4.65. The van der Waals surface area contributed by atoms with Gasteiger partial charge in [0.2, 0.25) is 0 Å². The Balaban J connectivity index is 2.56. The molecule has 2 nitrogen and oxygen atoms in total. The molecule has 2 aromatic rings. The minimum atomic E-state index is -4.80. The van der Waals surface area contributed by atoms with Gasteiger partial charge in [-0.2, -0.15) is 0 Å². The maximum absolute atomic E-state index is 12.3. The van der Waals surface area contributed by atoms with Crippen molar-refractivity contribution in [2.75, 3.05) is 0 Å². The number of hydrogen-bond donors (Lipinski definition) is 0. The summed E-state index contributed by atoms with van der Waals surface area (Å²) in [7, 11) is 0. The molecule has 0 fully saturated rings. The first-order valence-corrected chi connectivity index (χ1v) is 5.82. The molecule has 2 rings (SSSR count). The highest BCUT2D eigenvalue weighted by Crippen LogP contribution is 2.41. The van der Waals surface area contributed by atoms with Crippen molar-refractivity contribution in [2.24, 2.45) is 0 Å². The van der Waals surface area contributed by atoms with Crippen molar-refractivity contribution in [1.82, 2.24) is 0 Å². The van der Waals surface area contributed by atoms with Crippen LogP contribution in [0.3, 0.4) is 0 Å². The molecule has 0 aliphatic carbocycles. The molecule has 0 aliphatic rings. The molecule has 0 spiro atoms. The molecule has 0 radical (unpaired) electrons. The van der Waals surface area contributed by atoms with Crippen LogP contribution in [0.2, 0.25) is 5.02 Å². The molecule has 18 heavy (non-hydrogen) atoms. The smallest absolute Gasteiger partial charge is 0.464 e. The second kappa shape index (κ2) is 4.85. The van der Waals surface area contributed by atoms with Gasteiger partial charge >= 0.3 is 6.36 Å². The molecule has 1 heterocycles. The van der Waals surface area contributed by atoms with Crippen LogP contribution in [0.5, 0.6) is 5.75 Å². The lowest BCUT2D eigenvalue weighted by molar-refractivity contribution is -0.274. The third-order valence-electron chi connectivity index (χ3n) is 2.01. The Morgan fingerprint density at radius 1 is 1.28 bits per heavy atom. The lowest BCUT2D eigenvalue weighted by Crippen LogP contribution is -2.17. The lowest BCUT2D eigenvalue weighted by atomic mass is 10.1. The molecule has 0 saturated carbocycles. The quantitative estimate of drug-likeness (QED) is 0.743. The van der Waals surface area contributed by atoms with Crippen LogP contribution >= 0.6 is 27.5 Å². The molecule has 96 valence electrons. The van der Waals surface area contributed by atoms with Crippen molar-refractivity contribution >= 4 is 27.5 Å². The third kappa shape index (κ3) is 3.00. The van der Waals surface area contributed by atoms with Gasteiger partial charge in [0.05, 0.1) is 16.8 Å². The number of alkyl halides is 3. The molecule has 1 aromatic carbocycles. The zero-order valence-electron chi connectivity index (χ0n) is 8.59. The summed E-state index contributed by atoms with van der Waals surface area (Å²) < 4.78 is 46.3. The van der Waals surface area contributed by atoms with Crippen molar-refractivity contribution in [3.05, 3.63) is 40.0 Å². The second-order valence-electron chi connectivity index (χ2n) is 3.29. The van der Waals surface area contributed by atoms with E-state index in [2.05, 4.69) is 20.7 Å². The van der Waals surface area contributed by atoms with E-state index < -0.39 is 12.1 Å². The predicted octanol–water partition coefficient (Wildman–Crippen LogP) is 5.26. The Morgan fingerprint density at radius 3 is 2.56 bits per heavy atom. The van der Waals surface area contributed by atoms with Gasteiger partial charge in [0.15, 0.2) is 0 Å². The van der Waals surface area contributed by atoms with Gasteiger partial charge in [-0.05, 0) is 24.3 Å². The summed E-state index contributed by atoms with van der Waals surface area (Å²) in [5.74, 6) is -0.219. The highest BCUT2D eigenvalue weighted by molar-refractivity contribution is 9.10. The molecule has 0 amide bonds. The zero-order valence-corrected chi connectivity index (χ0v) is 10.9. The summed E-state index contributed by atoms with van der Waals surface area (Å²) in [5.41, 5.74) is 0.0576. The van der Waals surface area contributed by atoms with Gasteiger partial charge in [-0.25, -0.2) is 0 Å². The molecular formula is C11H5BrClF3O2. The standard InChI is InChI=1S/C11H5BrClF3O2/c12-6-4-7(13)10(8-2-1-3-17-8)9(5-6)18-11(14,15)16/h1-5H. The van der Waals surface area contributed by atoms with E-state index >= 15 is 0 Å². The van der Waals surface area contributed by atoms with Crippen molar-refractivity contribution in [3.63, 3.8) is 0 Å². The van der Waals surface area contributed by atoms with Crippen LogP contribution in [0, 0.1) is 0 Å². The van der Waals surface area contributed by atoms with E-state index in [4.69, 9.17) is 16.0 Å². The minimum absolute atomic E-state index is 0.0576. The Hall–Kier alpha value is -1.14. The number of rotatable bonds is 2. The van der Waals surface area contributed by atoms with Crippen LogP contribution in [0.4, 0.5) is 13.2 Å². The highest BCUT2D eigenvalue weighted by Gasteiger charge is 2.33. The van der Waals surface area contributed by atoms with Crippen LogP contribution in [0.15, 0.2) is 39.4 Å². The highest BCUT2D eigenvalue weighted by atomic mass is 79.9. The maximum atomic E-state index is 12.3. The van der Waals surface area contributed by atoms with Crippen LogP contribution in [0.25, 0.3) is 11.3 Å². The SMILES string of the molecule is FC(F)(F)Oc1cc(Br)cc(Cl)c1-c1ccco1. The van der Waals surface area contributed by atoms with Gasteiger partial charge in [0.1, 0.15) is 11.5 Å². The maximum Gasteiger partial charge on any atom is 0.573 e. The van der Waals surface area contributed by atoms with Gasteiger partial charge in [-0.3, -0.25) is 0 Å². The largest absolute Gasteiger partial charge is 0.573 e. The Morgan fingerprint density at radius 2 is 2.00 bits per heavy atom. The van der Waals surface area contributed by atoms with E-state index in [0.717, 1.165) is 0 Å². The molecule has 1 aromatic heterocycles. The number of furan rings is 1. The number of hydrogen-bond acceptors (Lipinski definition) is 2. The van der Waals surface area contributed by atoms with Gasteiger partial charge in [0.25, 0.3) is 0 Å². The molecule has 0 atom stereocenters. The van der Waals surface area contributed by atoms with E-state index in [1.54, 1.807) is 6.07 Å². The fourth-order valence-electron chi connectivity index (χ4n) is 1.42. The lowest BCUT2D eigenvalue weighted by Gasteiger charge is -2.13. The summed E-state index contributed by atoms with van der Waals surface area (Å²) in [4.78, 5) is 0. The van der Waals surface area contributed by atoms with Crippen molar-refractivity contribution in [1.29, 1.82) is 0 Å². The molecular weight excluding hydrogens is 336 g/mol. The van der Waals surface area contributed by atoms with Crippen LogP contribution in [-0.2, 0) is 0 Å². The Kier molecular flexibility index (Phi) is 3.59. The Bertz CT molecular complexity index is 552. The average molecular weight is 342 g/mol. The molecule has 7 heteroatoms. The predicted molar refractivity (Wildman–Crippen MR) is 63.5 cm³/mol. The normalized spacial score (nSPS) is 11.6. The summed E-state index contributed by atoms with van der Waals surface area (Å²) >= 11 is 8.97. The van der Waals surface area contributed by atoms with Gasteiger partial charge in [-0.15, -0.1) is 13.2 Å². The van der Waals surface area contributed by atoms with E-state index in [1.165, 1.54) is 24.5 Å². The molecule has 0 N–H and O–H groups in total. The Labute approximate surface area is 113 Å². The van der Waals surface area contributed by atoms with E-state index in [-0.39, 0.29) is 16.3 Å². The number of halogens is 5. The van der Waals surface area contributed by atoms with Gasteiger partial charge in [-0.1, -0.05) is 27.5 Å². The van der Waals surface area contributed by atoms with Crippen LogP contribution < -0.4 is 4.74 Å². The summed E-state index contributed by atoms with van der Waals surface area (Å²) in [6.07, 6.45) is -3.46. The van der Waals surface area contributed by atoms with Crippen molar-refractivity contribution in [2.45, 2.75) is 6.36 Å². The topological polar surface area (TPSA) is 22.4 Å². The molecule has 0 saturated heterocycles. The average Bonchev–Trinajstić information content (AvgIpc) is 2.66. The van der Waals surface area contributed by atoms with Gasteiger partial charge < -0.3 is 9.15 Å². The van der Waals surface area contributed by atoms with Crippen molar-refractivity contribution in [3.8, 4) is 17.1 Å². The van der Waals surface area contributed by atoms with E-state index in [0.29, 0.717) is 4.47 Å². The fraction of sp³-hybridized carbons (Fsp3) is 0.0909. The van der Waals surface area contributed by atoms with Crippen LogP contribution in [-0.4, -0.2) is 6.36 Å². The first-order chi connectivity index (χ1) is 8.37. The zero-order chi connectivity index (χ0) is 13.3. The van der Waals surface area contributed by atoms with E-state index in [1.807, 2.05) is 0 Å². The molecule has 0 unspecified atom stereocenters. The summed E-state index contributed by atoms with van der Waals surface area (Å²) in [5, 5.41) is 0.0959.